The van der Waals surface area contributed by atoms with Gasteiger partial charge in [0, 0.05) is 32.1 Å². The van der Waals surface area contributed by atoms with Crippen molar-refractivity contribution in [2.24, 2.45) is 17.8 Å². The maximum absolute atomic E-state index is 12.6. The minimum Gasteiger partial charge on any atom is -0.340 e. The Morgan fingerprint density at radius 1 is 0.944 bits per heavy atom. The minimum atomic E-state index is 0.363. The van der Waals surface area contributed by atoms with E-state index in [1.54, 1.807) is 0 Å². The number of piperazine rings is 1. The number of amides is 1. The Labute approximate surface area is 111 Å². The van der Waals surface area contributed by atoms with Gasteiger partial charge in [-0.25, -0.2) is 0 Å². The summed E-state index contributed by atoms with van der Waals surface area (Å²) in [5.41, 5.74) is 0. The van der Waals surface area contributed by atoms with Crippen LogP contribution >= 0.6 is 0 Å². The molecule has 0 spiro atoms. The van der Waals surface area contributed by atoms with Gasteiger partial charge in [-0.05, 0) is 31.7 Å². The molecule has 1 saturated heterocycles. The molecule has 1 amide bonds. The molecule has 1 heterocycles. The van der Waals surface area contributed by atoms with Gasteiger partial charge in [0.1, 0.15) is 0 Å². The van der Waals surface area contributed by atoms with E-state index in [0.29, 0.717) is 11.8 Å². The summed E-state index contributed by atoms with van der Waals surface area (Å²) in [4.78, 5) is 17.0. The first-order valence-corrected chi connectivity index (χ1v) is 7.71. The third-order valence-corrected chi connectivity index (χ3v) is 5.41. The molecule has 0 bridgehead atoms. The third kappa shape index (κ3) is 2.42. The van der Waals surface area contributed by atoms with Crippen molar-refractivity contribution in [2.45, 2.75) is 38.5 Å². The van der Waals surface area contributed by atoms with Crippen LogP contribution in [-0.4, -0.2) is 48.9 Å². The van der Waals surface area contributed by atoms with Gasteiger partial charge in [-0.3, -0.25) is 4.79 Å². The summed E-state index contributed by atoms with van der Waals surface area (Å²) in [5.74, 6) is 2.58. The Kier molecular flexibility index (Phi) is 3.60. The van der Waals surface area contributed by atoms with Gasteiger partial charge in [-0.1, -0.05) is 25.7 Å². The zero-order valence-electron chi connectivity index (χ0n) is 11.6. The fourth-order valence-electron chi connectivity index (χ4n) is 4.22. The smallest absolute Gasteiger partial charge is 0.225 e. The van der Waals surface area contributed by atoms with Gasteiger partial charge in [0.2, 0.25) is 5.91 Å². The van der Waals surface area contributed by atoms with Gasteiger partial charge in [0.15, 0.2) is 0 Å². The van der Waals surface area contributed by atoms with Gasteiger partial charge < -0.3 is 9.80 Å². The number of rotatable bonds is 1. The van der Waals surface area contributed by atoms with Crippen LogP contribution in [0, 0.1) is 17.8 Å². The van der Waals surface area contributed by atoms with E-state index >= 15 is 0 Å². The monoisotopic (exact) mass is 250 g/mol. The highest BCUT2D eigenvalue weighted by Crippen LogP contribution is 2.45. The molecule has 3 heteroatoms. The summed E-state index contributed by atoms with van der Waals surface area (Å²) in [5, 5.41) is 0. The quantitative estimate of drug-likeness (QED) is 0.710. The lowest BCUT2D eigenvalue weighted by molar-refractivity contribution is -0.137. The van der Waals surface area contributed by atoms with Crippen LogP contribution in [0.5, 0.6) is 0 Å². The average molecular weight is 250 g/mol. The summed E-state index contributed by atoms with van der Waals surface area (Å²) in [6.45, 7) is 3.99. The van der Waals surface area contributed by atoms with Gasteiger partial charge >= 0.3 is 0 Å². The fourth-order valence-corrected chi connectivity index (χ4v) is 4.22. The summed E-state index contributed by atoms with van der Waals surface area (Å²) in [6, 6.07) is 0. The molecule has 2 unspecified atom stereocenters. The van der Waals surface area contributed by atoms with Gasteiger partial charge in [-0.2, -0.15) is 0 Å². The standard InChI is InChI=1S/C15H26N2O/c1-16-6-8-17(9-7-16)15(18)14-10-12-4-2-3-5-13(12)11-14/h12-14H,2-11H2,1H3. The van der Waals surface area contributed by atoms with E-state index in [0.717, 1.165) is 38.0 Å². The van der Waals surface area contributed by atoms with Gasteiger partial charge in [0.05, 0.1) is 0 Å². The van der Waals surface area contributed by atoms with Crippen LogP contribution in [0.2, 0.25) is 0 Å². The molecular formula is C15H26N2O. The van der Waals surface area contributed by atoms with Crippen molar-refractivity contribution >= 4 is 5.91 Å². The highest BCUT2D eigenvalue weighted by Gasteiger charge is 2.40. The number of nitrogens with zero attached hydrogens (tertiary/aromatic N) is 2. The predicted octanol–water partition coefficient (Wildman–Crippen LogP) is 1.98. The largest absolute Gasteiger partial charge is 0.340 e. The van der Waals surface area contributed by atoms with E-state index in [-0.39, 0.29) is 0 Å². The Balaban J connectivity index is 1.57. The molecular weight excluding hydrogens is 224 g/mol. The number of carbonyl (C=O) groups excluding carboxylic acids is 1. The number of fused-ring (bicyclic) bond motifs is 1. The third-order valence-electron chi connectivity index (χ3n) is 5.41. The van der Waals surface area contributed by atoms with E-state index in [1.807, 2.05) is 0 Å². The molecule has 0 aromatic carbocycles. The van der Waals surface area contributed by atoms with Crippen molar-refractivity contribution < 1.29 is 4.79 Å². The van der Waals surface area contributed by atoms with E-state index in [2.05, 4.69) is 16.8 Å². The molecule has 3 rings (SSSR count). The molecule has 2 atom stereocenters. The second-order valence-electron chi connectivity index (χ2n) is 6.60. The Bertz CT molecular complexity index is 296. The van der Waals surface area contributed by atoms with Crippen molar-refractivity contribution in [3.63, 3.8) is 0 Å². The lowest BCUT2D eigenvalue weighted by atomic mass is 9.82. The molecule has 0 aromatic rings. The Morgan fingerprint density at radius 2 is 1.50 bits per heavy atom. The van der Waals surface area contributed by atoms with E-state index in [1.165, 1.54) is 38.5 Å². The van der Waals surface area contributed by atoms with Crippen LogP contribution in [0.1, 0.15) is 38.5 Å². The number of hydrogen-bond donors (Lipinski definition) is 0. The molecule has 18 heavy (non-hydrogen) atoms. The normalized spacial score (nSPS) is 37.6. The zero-order valence-corrected chi connectivity index (χ0v) is 11.6. The Morgan fingerprint density at radius 3 is 2.06 bits per heavy atom. The molecule has 2 aliphatic carbocycles. The van der Waals surface area contributed by atoms with Crippen LogP contribution in [0.3, 0.4) is 0 Å². The second-order valence-corrected chi connectivity index (χ2v) is 6.60. The first-order chi connectivity index (χ1) is 8.74. The average Bonchev–Trinajstić information content (AvgIpc) is 2.82. The van der Waals surface area contributed by atoms with Crippen molar-refractivity contribution in [3.8, 4) is 0 Å². The minimum absolute atomic E-state index is 0.363. The molecule has 2 saturated carbocycles. The van der Waals surface area contributed by atoms with Gasteiger partial charge in [0.25, 0.3) is 0 Å². The van der Waals surface area contributed by atoms with Crippen molar-refractivity contribution in [1.29, 1.82) is 0 Å². The topological polar surface area (TPSA) is 23.6 Å². The molecule has 3 aliphatic rings. The first kappa shape index (κ1) is 12.5. The number of likely N-dealkylation sites (N-methyl/N-ethyl adjacent to an activating group) is 1. The molecule has 0 radical (unpaired) electrons. The highest BCUT2D eigenvalue weighted by molar-refractivity contribution is 5.79. The summed E-state index contributed by atoms with van der Waals surface area (Å²) >= 11 is 0. The zero-order chi connectivity index (χ0) is 12.5. The summed E-state index contributed by atoms with van der Waals surface area (Å²) in [7, 11) is 2.14. The SMILES string of the molecule is CN1CCN(C(=O)C2CC3CCCCC3C2)CC1. The predicted molar refractivity (Wildman–Crippen MR) is 72.2 cm³/mol. The van der Waals surface area contributed by atoms with Crippen LogP contribution in [0.4, 0.5) is 0 Å². The number of hydrogen-bond acceptors (Lipinski definition) is 2. The van der Waals surface area contributed by atoms with E-state index in [4.69, 9.17) is 0 Å². The highest BCUT2D eigenvalue weighted by atomic mass is 16.2. The summed E-state index contributed by atoms with van der Waals surface area (Å²) in [6.07, 6.45) is 7.95. The fraction of sp³-hybridized carbons (Fsp3) is 0.933. The molecule has 0 N–H and O–H groups in total. The molecule has 102 valence electrons. The van der Waals surface area contributed by atoms with Crippen LogP contribution in [0.15, 0.2) is 0 Å². The Hall–Kier alpha value is -0.570. The lowest BCUT2D eigenvalue weighted by Gasteiger charge is -2.34. The van der Waals surface area contributed by atoms with Crippen molar-refractivity contribution in [1.82, 2.24) is 9.80 Å². The van der Waals surface area contributed by atoms with Crippen molar-refractivity contribution in [2.75, 3.05) is 33.2 Å². The maximum Gasteiger partial charge on any atom is 0.225 e. The van der Waals surface area contributed by atoms with Crippen LogP contribution in [-0.2, 0) is 4.79 Å². The second kappa shape index (κ2) is 5.20. The molecule has 3 nitrogen and oxygen atoms in total. The van der Waals surface area contributed by atoms with E-state index in [9.17, 15) is 4.79 Å². The van der Waals surface area contributed by atoms with Crippen LogP contribution in [0.25, 0.3) is 0 Å². The van der Waals surface area contributed by atoms with Crippen molar-refractivity contribution in [3.05, 3.63) is 0 Å². The maximum atomic E-state index is 12.6. The molecule has 3 fully saturated rings. The van der Waals surface area contributed by atoms with Crippen LogP contribution < -0.4 is 0 Å². The lowest BCUT2D eigenvalue weighted by Crippen LogP contribution is -2.48. The number of carbonyl (C=O) groups is 1. The molecule has 1 aliphatic heterocycles. The van der Waals surface area contributed by atoms with Gasteiger partial charge in [-0.15, -0.1) is 0 Å². The first-order valence-electron chi connectivity index (χ1n) is 7.71. The summed E-state index contributed by atoms with van der Waals surface area (Å²) < 4.78 is 0. The molecule has 0 aromatic heterocycles. The van der Waals surface area contributed by atoms with E-state index < -0.39 is 0 Å².